The molecular formula is C15H21NO2. The van der Waals surface area contributed by atoms with Gasteiger partial charge in [0.25, 0.3) is 0 Å². The number of carbonyl (C=O) groups is 1. The molecule has 3 nitrogen and oxygen atoms in total. The fraction of sp³-hybridized carbons (Fsp3) is 0.533. The van der Waals surface area contributed by atoms with E-state index in [-0.39, 0.29) is 12.5 Å². The molecule has 1 fully saturated rings. The van der Waals surface area contributed by atoms with Gasteiger partial charge in [0.05, 0.1) is 5.41 Å². The van der Waals surface area contributed by atoms with Crippen molar-refractivity contribution in [3.05, 3.63) is 34.9 Å². The van der Waals surface area contributed by atoms with E-state index in [1.54, 1.807) is 0 Å². The Morgan fingerprint density at radius 2 is 2.11 bits per heavy atom. The first-order valence-electron chi connectivity index (χ1n) is 6.49. The van der Waals surface area contributed by atoms with Crippen LogP contribution in [-0.4, -0.2) is 17.6 Å². The number of nitrogens with two attached hydrogens (primary N) is 1. The summed E-state index contributed by atoms with van der Waals surface area (Å²) in [4.78, 5) is 11.7. The first-order valence-corrected chi connectivity index (χ1v) is 6.49. The lowest BCUT2D eigenvalue weighted by atomic mass is 9.76. The molecule has 0 bridgehead atoms. The zero-order valence-electron chi connectivity index (χ0n) is 11.1. The molecule has 0 heterocycles. The molecule has 1 aromatic rings. The summed E-state index contributed by atoms with van der Waals surface area (Å²) in [6, 6.07) is 6.20. The van der Waals surface area contributed by atoms with Gasteiger partial charge < -0.3 is 10.8 Å². The standard InChI is InChI=1S/C15H21NO2/c1-10-3-4-11(2)12(7-10)8-15(9-16,14(17)18)13-5-6-13/h3-4,7,13H,5-6,8-9,16H2,1-2H3,(H,17,18). The molecule has 0 radical (unpaired) electrons. The maximum atomic E-state index is 11.7. The number of aliphatic carboxylic acids is 1. The van der Waals surface area contributed by atoms with Crippen molar-refractivity contribution in [2.75, 3.05) is 6.54 Å². The highest BCUT2D eigenvalue weighted by Crippen LogP contribution is 2.47. The average molecular weight is 247 g/mol. The van der Waals surface area contributed by atoms with Crippen LogP contribution in [0.3, 0.4) is 0 Å². The molecule has 1 aliphatic rings. The highest BCUT2D eigenvalue weighted by molar-refractivity contribution is 5.76. The van der Waals surface area contributed by atoms with Gasteiger partial charge in [0, 0.05) is 6.54 Å². The molecule has 2 rings (SSSR count). The fourth-order valence-electron chi connectivity index (χ4n) is 2.69. The van der Waals surface area contributed by atoms with E-state index in [0.29, 0.717) is 6.42 Å². The third kappa shape index (κ3) is 2.27. The second-order valence-corrected chi connectivity index (χ2v) is 5.55. The van der Waals surface area contributed by atoms with E-state index in [9.17, 15) is 9.90 Å². The molecule has 3 N–H and O–H groups in total. The van der Waals surface area contributed by atoms with Crippen LogP contribution >= 0.6 is 0 Å². The van der Waals surface area contributed by atoms with Crippen molar-refractivity contribution in [3.63, 3.8) is 0 Å². The van der Waals surface area contributed by atoms with Gasteiger partial charge in [-0.3, -0.25) is 4.79 Å². The van der Waals surface area contributed by atoms with E-state index in [0.717, 1.165) is 24.0 Å². The van der Waals surface area contributed by atoms with Crippen molar-refractivity contribution in [1.82, 2.24) is 0 Å². The Morgan fingerprint density at radius 3 is 2.61 bits per heavy atom. The third-order valence-electron chi connectivity index (χ3n) is 4.16. The van der Waals surface area contributed by atoms with Gasteiger partial charge in [0.2, 0.25) is 0 Å². The molecule has 1 aromatic carbocycles. The topological polar surface area (TPSA) is 63.3 Å². The lowest BCUT2D eigenvalue weighted by molar-refractivity contribution is -0.149. The predicted octanol–water partition coefficient (Wildman–Crippen LogP) is 2.29. The van der Waals surface area contributed by atoms with Gasteiger partial charge >= 0.3 is 5.97 Å². The maximum Gasteiger partial charge on any atom is 0.311 e. The maximum absolute atomic E-state index is 11.7. The molecule has 3 heteroatoms. The number of benzene rings is 1. The molecule has 0 amide bonds. The third-order valence-corrected chi connectivity index (χ3v) is 4.16. The summed E-state index contributed by atoms with van der Waals surface area (Å²) >= 11 is 0. The summed E-state index contributed by atoms with van der Waals surface area (Å²) in [7, 11) is 0. The highest BCUT2D eigenvalue weighted by atomic mass is 16.4. The van der Waals surface area contributed by atoms with Gasteiger partial charge in [-0.1, -0.05) is 23.8 Å². The van der Waals surface area contributed by atoms with Crippen LogP contribution in [0.25, 0.3) is 0 Å². The van der Waals surface area contributed by atoms with Crippen LogP contribution in [0, 0.1) is 25.2 Å². The molecule has 0 aliphatic heterocycles. The van der Waals surface area contributed by atoms with E-state index in [1.165, 1.54) is 5.56 Å². The molecule has 0 aromatic heterocycles. The van der Waals surface area contributed by atoms with E-state index in [4.69, 9.17) is 5.73 Å². The zero-order chi connectivity index (χ0) is 13.3. The van der Waals surface area contributed by atoms with Crippen LogP contribution in [0.4, 0.5) is 0 Å². The summed E-state index contributed by atoms with van der Waals surface area (Å²) in [6.07, 6.45) is 2.54. The first-order chi connectivity index (χ1) is 8.49. The Kier molecular flexibility index (Phi) is 3.44. The van der Waals surface area contributed by atoms with Crippen LogP contribution in [0.1, 0.15) is 29.5 Å². The lowest BCUT2D eigenvalue weighted by Crippen LogP contribution is -2.42. The number of hydrogen-bond acceptors (Lipinski definition) is 2. The van der Waals surface area contributed by atoms with E-state index < -0.39 is 11.4 Å². The predicted molar refractivity (Wildman–Crippen MR) is 71.5 cm³/mol. The van der Waals surface area contributed by atoms with Crippen LogP contribution in [0.2, 0.25) is 0 Å². The second-order valence-electron chi connectivity index (χ2n) is 5.55. The number of hydrogen-bond donors (Lipinski definition) is 2. The minimum absolute atomic E-state index is 0.223. The minimum Gasteiger partial charge on any atom is -0.481 e. The second kappa shape index (κ2) is 4.73. The molecule has 98 valence electrons. The zero-order valence-corrected chi connectivity index (χ0v) is 11.1. The fourth-order valence-corrected chi connectivity index (χ4v) is 2.69. The summed E-state index contributed by atoms with van der Waals surface area (Å²) in [5.41, 5.74) is 8.48. The van der Waals surface area contributed by atoms with Crippen LogP contribution in [0.15, 0.2) is 18.2 Å². The molecule has 0 spiro atoms. The summed E-state index contributed by atoms with van der Waals surface area (Å²) in [5.74, 6) is -0.492. The van der Waals surface area contributed by atoms with Gasteiger partial charge in [0.15, 0.2) is 0 Å². The summed E-state index contributed by atoms with van der Waals surface area (Å²) in [6.45, 7) is 4.29. The molecule has 0 saturated heterocycles. The molecular weight excluding hydrogens is 226 g/mol. The molecule has 1 aliphatic carbocycles. The van der Waals surface area contributed by atoms with Gasteiger partial charge in [-0.05, 0) is 50.2 Å². The number of carboxylic acid groups (broad SMARTS) is 1. The highest BCUT2D eigenvalue weighted by Gasteiger charge is 2.50. The Balaban J connectivity index is 2.34. The quantitative estimate of drug-likeness (QED) is 0.839. The van der Waals surface area contributed by atoms with Crippen molar-refractivity contribution in [1.29, 1.82) is 0 Å². The number of aryl methyl sites for hydroxylation is 2. The van der Waals surface area contributed by atoms with Crippen LogP contribution in [-0.2, 0) is 11.2 Å². The molecule has 1 unspecified atom stereocenters. The smallest absolute Gasteiger partial charge is 0.311 e. The molecule has 1 saturated carbocycles. The van der Waals surface area contributed by atoms with E-state index in [2.05, 4.69) is 18.2 Å². The van der Waals surface area contributed by atoms with Crippen molar-refractivity contribution >= 4 is 5.97 Å². The van der Waals surface area contributed by atoms with Crippen molar-refractivity contribution in [3.8, 4) is 0 Å². The largest absolute Gasteiger partial charge is 0.481 e. The molecule has 18 heavy (non-hydrogen) atoms. The van der Waals surface area contributed by atoms with Gasteiger partial charge in [-0.25, -0.2) is 0 Å². The Bertz CT molecular complexity index is 466. The van der Waals surface area contributed by atoms with Crippen molar-refractivity contribution in [2.24, 2.45) is 17.1 Å². The minimum atomic E-state index is -0.765. The van der Waals surface area contributed by atoms with Crippen molar-refractivity contribution in [2.45, 2.75) is 33.1 Å². The summed E-state index contributed by atoms with van der Waals surface area (Å²) in [5, 5.41) is 9.58. The van der Waals surface area contributed by atoms with Crippen molar-refractivity contribution < 1.29 is 9.90 Å². The van der Waals surface area contributed by atoms with Crippen LogP contribution < -0.4 is 5.73 Å². The normalized spacial score (nSPS) is 18.4. The average Bonchev–Trinajstić information content (AvgIpc) is 3.14. The Labute approximate surface area is 108 Å². The first kappa shape index (κ1) is 13.1. The Hall–Kier alpha value is -1.35. The van der Waals surface area contributed by atoms with Gasteiger partial charge in [-0.15, -0.1) is 0 Å². The van der Waals surface area contributed by atoms with Gasteiger partial charge in [-0.2, -0.15) is 0 Å². The van der Waals surface area contributed by atoms with E-state index in [1.807, 2.05) is 13.8 Å². The molecule has 1 atom stereocenters. The SMILES string of the molecule is Cc1ccc(C)c(CC(CN)(C(=O)O)C2CC2)c1. The lowest BCUT2D eigenvalue weighted by Gasteiger charge is -2.28. The number of rotatable bonds is 5. The monoisotopic (exact) mass is 247 g/mol. The summed E-state index contributed by atoms with van der Waals surface area (Å²) < 4.78 is 0. The van der Waals surface area contributed by atoms with E-state index >= 15 is 0 Å². The Morgan fingerprint density at radius 1 is 1.44 bits per heavy atom. The van der Waals surface area contributed by atoms with Gasteiger partial charge in [0.1, 0.15) is 0 Å². The van der Waals surface area contributed by atoms with Crippen LogP contribution in [0.5, 0.6) is 0 Å². The number of carboxylic acids is 1.